The lowest BCUT2D eigenvalue weighted by molar-refractivity contribution is -0.115. The molecule has 2 unspecified atom stereocenters. The van der Waals surface area contributed by atoms with Crippen molar-refractivity contribution in [3.05, 3.63) is 0 Å². The van der Waals surface area contributed by atoms with Gasteiger partial charge in [0.2, 0.25) is 0 Å². The van der Waals surface area contributed by atoms with Crippen molar-refractivity contribution >= 4 is 34.2 Å². The summed E-state index contributed by atoms with van der Waals surface area (Å²) in [4.78, 5) is 0. The van der Waals surface area contributed by atoms with Crippen LogP contribution in [0, 0.1) is 52.3 Å². The van der Waals surface area contributed by atoms with E-state index in [1.165, 1.54) is 64.2 Å². The molecule has 1 aliphatic heterocycles. The number of hydrogen-bond acceptors (Lipinski definition) is 2. The van der Waals surface area contributed by atoms with Crippen LogP contribution in [0.25, 0.3) is 0 Å². The van der Waals surface area contributed by atoms with Gasteiger partial charge in [0, 0.05) is 27.7 Å². The molecule has 0 aromatic heterocycles. The third-order valence-electron chi connectivity index (χ3n) is 11.8. The minimum absolute atomic E-state index is 0.00267. The Morgan fingerprint density at radius 3 is 2.42 bits per heavy atom. The van der Waals surface area contributed by atoms with Gasteiger partial charge in [-0.3, -0.25) is 4.21 Å². The molecule has 33 heavy (non-hydrogen) atoms. The quantitative estimate of drug-likeness (QED) is 0.343. The van der Waals surface area contributed by atoms with Gasteiger partial charge in [0.25, 0.3) is 0 Å². The second-order valence-electron chi connectivity index (χ2n) is 13.8. The highest BCUT2D eigenvalue weighted by atomic mass is 35.5. The van der Waals surface area contributed by atoms with Crippen LogP contribution in [-0.2, 0) is 10.8 Å². The molecule has 5 aliphatic rings. The lowest BCUT2D eigenvalue weighted by Gasteiger charge is -2.65. The SMILES string of the molecule is CC(C)CCC[C@@H](C)[C@H]1CC[C@H]2[C@@H]3CC4(SCCS4=O)[C@H]4C[C@@H](Cl)CC[C@]4(C)[C@H]3CC[C@]12C. The number of thioether (sulfide) groups is 1. The molecule has 5 fully saturated rings. The van der Waals surface area contributed by atoms with Gasteiger partial charge in [0.05, 0.1) is 4.08 Å². The van der Waals surface area contributed by atoms with Crippen molar-refractivity contribution < 1.29 is 4.21 Å². The molecule has 0 N–H and O–H groups in total. The van der Waals surface area contributed by atoms with Crippen LogP contribution in [0.3, 0.4) is 0 Å². The Labute approximate surface area is 216 Å². The summed E-state index contributed by atoms with van der Waals surface area (Å²) in [5, 5.41) is 0.297. The fraction of sp³-hybridized carbons (Fsp3) is 1.00. The van der Waals surface area contributed by atoms with Gasteiger partial charge in [-0.1, -0.05) is 53.9 Å². The summed E-state index contributed by atoms with van der Waals surface area (Å²) < 4.78 is 13.7. The van der Waals surface area contributed by atoms with Crippen molar-refractivity contribution in [1.29, 1.82) is 0 Å². The minimum atomic E-state index is -0.686. The first-order valence-corrected chi connectivity index (χ1v) is 17.0. The number of hydrogen-bond donors (Lipinski definition) is 0. The van der Waals surface area contributed by atoms with Gasteiger partial charge in [-0.15, -0.1) is 23.4 Å². The number of fused-ring (bicyclic) bond motifs is 6. The van der Waals surface area contributed by atoms with Crippen LogP contribution in [0.15, 0.2) is 0 Å². The molecule has 11 atom stereocenters. The van der Waals surface area contributed by atoms with Crippen LogP contribution in [-0.4, -0.2) is 25.2 Å². The molecule has 0 bridgehead atoms. The number of halogens is 1. The van der Waals surface area contributed by atoms with Crippen molar-refractivity contribution in [2.75, 3.05) is 11.5 Å². The Bertz CT molecular complexity index is 756. The summed E-state index contributed by atoms with van der Waals surface area (Å²) in [6.07, 6.45) is 14.7. The lowest BCUT2D eigenvalue weighted by atomic mass is 9.44. The Hall–Kier alpha value is 0.790. The molecule has 1 heterocycles. The van der Waals surface area contributed by atoms with Gasteiger partial charge in [-0.05, 0) is 104 Å². The van der Waals surface area contributed by atoms with Crippen LogP contribution in [0.1, 0.15) is 105 Å². The summed E-state index contributed by atoms with van der Waals surface area (Å²) in [5.74, 6) is 7.65. The van der Waals surface area contributed by atoms with E-state index in [9.17, 15) is 4.21 Å². The van der Waals surface area contributed by atoms with Gasteiger partial charge in [0.1, 0.15) is 0 Å². The van der Waals surface area contributed by atoms with Gasteiger partial charge in [-0.2, -0.15) is 0 Å². The van der Waals surface area contributed by atoms with Crippen molar-refractivity contribution in [1.82, 2.24) is 0 Å². The molecular weight excluding hydrogens is 464 g/mol. The third kappa shape index (κ3) is 4.03. The first-order valence-electron chi connectivity index (χ1n) is 14.3. The molecular formula is C29H49ClOS2. The van der Waals surface area contributed by atoms with E-state index in [2.05, 4.69) is 46.4 Å². The Kier molecular flexibility index (Phi) is 7.15. The van der Waals surface area contributed by atoms with Crippen molar-refractivity contribution in [3.8, 4) is 0 Å². The molecule has 1 spiro atoms. The molecule has 190 valence electrons. The topological polar surface area (TPSA) is 17.1 Å². The second kappa shape index (κ2) is 9.27. The first-order chi connectivity index (χ1) is 15.6. The average molecular weight is 513 g/mol. The fourth-order valence-electron chi connectivity index (χ4n) is 10.2. The molecule has 4 heteroatoms. The predicted octanol–water partition coefficient (Wildman–Crippen LogP) is 8.52. The summed E-state index contributed by atoms with van der Waals surface area (Å²) in [5.41, 5.74) is 0.862. The van der Waals surface area contributed by atoms with E-state index in [4.69, 9.17) is 11.6 Å². The third-order valence-corrected chi connectivity index (χ3v) is 16.5. The molecule has 0 amide bonds. The highest BCUT2D eigenvalue weighted by Crippen LogP contribution is 2.72. The van der Waals surface area contributed by atoms with Crippen molar-refractivity contribution in [3.63, 3.8) is 0 Å². The van der Waals surface area contributed by atoms with Crippen LogP contribution < -0.4 is 0 Å². The monoisotopic (exact) mass is 512 g/mol. The van der Waals surface area contributed by atoms with E-state index in [1.807, 2.05) is 0 Å². The number of alkyl halides is 1. The zero-order chi connectivity index (χ0) is 23.6. The molecule has 0 aromatic carbocycles. The molecule has 4 aliphatic carbocycles. The van der Waals surface area contributed by atoms with Crippen LogP contribution in [0.5, 0.6) is 0 Å². The highest BCUT2D eigenvalue weighted by Gasteiger charge is 2.68. The minimum Gasteiger partial charge on any atom is -0.258 e. The molecule has 5 rings (SSSR count). The highest BCUT2D eigenvalue weighted by molar-refractivity contribution is 8.15. The standard InChI is InChI=1S/C29H49ClOS2/c1-19(2)7-6-8-20(3)23-9-10-24-22-18-29(32-15-16-33(29)31)26-17-21(30)11-13-28(26,5)25(22)12-14-27(23,24)4/h19-26H,6-18H2,1-5H3/t20-,21+,22+,23-,24+,25+,26+,27-,28-,29?,33?/m1/s1. The zero-order valence-electron chi connectivity index (χ0n) is 21.9. The fourth-order valence-corrected chi connectivity index (χ4v) is 15.1. The Morgan fingerprint density at radius 2 is 1.73 bits per heavy atom. The first kappa shape index (κ1) is 25.4. The van der Waals surface area contributed by atoms with E-state index in [-0.39, 0.29) is 4.08 Å². The van der Waals surface area contributed by atoms with Gasteiger partial charge >= 0.3 is 0 Å². The largest absolute Gasteiger partial charge is 0.258 e. The van der Waals surface area contributed by atoms with E-state index in [0.29, 0.717) is 22.1 Å². The average Bonchev–Trinajstić information content (AvgIpc) is 3.29. The van der Waals surface area contributed by atoms with Crippen molar-refractivity contribution in [2.45, 2.75) is 115 Å². The zero-order valence-corrected chi connectivity index (χ0v) is 24.3. The smallest absolute Gasteiger partial charge is 0.0945 e. The summed E-state index contributed by atoms with van der Waals surface area (Å²) in [6, 6.07) is 0. The summed E-state index contributed by atoms with van der Waals surface area (Å²) in [6.45, 7) is 12.6. The van der Waals surface area contributed by atoms with Gasteiger partial charge in [0.15, 0.2) is 0 Å². The Balaban J connectivity index is 1.42. The second-order valence-corrected chi connectivity index (χ2v) is 17.9. The molecule has 0 radical (unpaired) electrons. The van der Waals surface area contributed by atoms with Crippen LogP contribution >= 0.6 is 23.4 Å². The lowest BCUT2D eigenvalue weighted by Crippen LogP contribution is -2.62. The molecule has 1 saturated heterocycles. The maximum absolute atomic E-state index is 13.7. The van der Waals surface area contributed by atoms with Crippen LogP contribution in [0.2, 0.25) is 0 Å². The Morgan fingerprint density at radius 1 is 1.00 bits per heavy atom. The molecule has 4 saturated carbocycles. The van der Waals surface area contributed by atoms with Gasteiger partial charge < -0.3 is 0 Å². The summed E-state index contributed by atoms with van der Waals surface area (Å²) in [7, 11) is -0.686. The summed E-state index contributed by atoms with van der Waals surface area (Å²) >= 11 is 8.91. The van der Waals surface area contributed by atoms with E-state index < -0.39 is 10.8 Å². The predicted molar refractivity (Wildman–Crippen MR) is 146 cm³/mol. The molecule has 1 nitrogen and oxygen atoms in total. The van der Waals surface area contributed by atoms with Crippen molar-refractivity contribution in [2.24, 2.45) is 52.3 Å². The normalized spacial score (nSPS) is 52.5. The van der Waals surface area contributed by atoms with Crippen LogP contribution in [0.4, 0.5) is 0 Å². The van der Waals surface area contributed by atoms with E-state index in [1.54, 1.807) is 0 Å². The number of rotatable bonds is 5. The maximum atomic E-state index is 13.7. The maximum Gasteiger partial charge on any atom is 0.0945 e. The van der Waals surface area contributed by atoms with E-state index in [0.717, 1.165) is 53.4 Å². The van der Waals surface area contributed by atoms with E-state index >= 15 is 0 Å². The molecule has 0 aromatic rings. The van der Waals surface area contributed by atoms with Gasteiger partial charge in [-0.25, -0.2) is 0 Å².